The highest BCUT2D eigenvalue weighted by Gasteiger charge is 2.08. The van der Waals surface area contributed by atoms with E-state index in [0.29, 0.717) is 5.69 Å². The molecule has 0 aliphatic heterocycles. The van der Waals surface area contributed by atoms with Gasteiger partial charge in [-0.1, -0.05) is 12.1 Å². The summed E-state index contributed by atoms with van der Waals surface area (Å²) in [7, 11) is 0. The van der Waals surface area contributed by atoms with Gasteiger partial charge in [0, 0.05) is 6.07 Å². The van der Waals surface area contributed by atoms with E-state index in [1.807, 2.05) is 25.1 Å². The molecule has 0 saturated heterocycles. The fourth-order valence-corrected chi connectivity index (χ4v) is 2.10. The highest BCUT2D eigenvalue weighted by Crippen LogP contribution is 2.19. The lowest BCUT2D eigenvalue weighted by atomic mass is 10.2. The quantitative estimate of drug-likeness (QED) is 0.685. The molecule has 0 amide bonds. The first kappa shape index (κ1) is 10.7. The van der Waals surface area contributed by atoms with E-state index in [1.54, 1.807) is 28.8 Å². The summed E-state index contributed by atoms with van der Waals surface area (Å²) in [4.78, 5) is 14.8. The molecule has 18 heavy (non-hydrogen) atoms. The number of H-pyrrole nitrogens is 1. The number of aryl methyl sites for hydroxylation is 1. The maximum Gasteiger partial charge on any atom is 0.331 e. The molecule has 4 nitrogen and oxygen atoms in total. The molecule has 0 aliphatic carbocycles. The van der Waals surface area contributed by atoms with Gasteiger partial charge in [0.2, 0.25) is 0 Å². The topological polar surface area (TPSA) is 58.0 Å². The Kier molecular flexibility index (Phi) is 2.23. The van der Waals surface area contributed by atoms with Crippen LogP contribution < -0.4 is 5.69 Å². The van der Waals surface area contributed by atoms with Gasteiger partial charge in [-0.2, -0.15) is 0 Å². The molecule has 0 fully saturated rings. The summed E-state index contributed by atoms with van der Waals surface area (Å²) in [5.41, 5.74) is 3.12. The predicted molar refractivity (Wildman–Crippen MR) is 70.3 cm³/mol. The van der Waals surface area contributed by atoms with Gasteiger partial charge in [-0.3, -0.25) is 4.57 Å². The molecule has 0 radical (unpaired) electrons. The minimum absolute atomic E-state index is 0.140. The monoisotopic (exact) mass is 240 g/mol. The number of nitrogens with zero attached hydrogens (tertiary/aromatic N) is 1. The first-order valence-corrected chi connectivity index (χ1v) is 5.66. The number of nitrogens with one attached hydrogen (secondary N) is 1. The third-order valence-corrected chi connectivity index (χ3v) is 2.93. The molecule has 2 aromatic carbocycles. The maximum absolute atomic E-state index is 12.0. The number of benzene rings is 2. The van der Waals surface area contributed by atoms with Gasteiger partial charge in [-0.25, -0.2) is 4.79 Å². The Morgan fingerprint density at radius 2 is 2.00 bits per heavy atom. The largest absolute Gasteiger partial charge is 0.508 e. The zero-order valence-electron chi connectivity index (χ0n) is 9.84. The van der Waals surface area contributed by atoms with E-state index in [2.05, 4.69) is 4.98 Å². The van der Waals surface area contributed by atoms with Crippen LogP contribution in [0.25, 0.3) is 16.7 Å². The highest BCUT2D eigenvalue weighted by molar-refractivity contribution is 5.78. The van der Waals surface area contributed by atoms with Crippen molar-refractivity contribution >= 4 is 11.0 Å². The van der Waals surface area contributed by atoms with Crippen LogP contribution in [0.15, 0.2) is 47.3 Å². The smallest absolute Gasteiger partial charge is 0.331 e. The van der Waals surface area contributed by atoms with Crippen LogP contribution in [0, 0.1) is 6.92 Å². The van der Waals surface area contributed by atoms with E-state index < -0.39 is 0 Å². The predicted octanol–water partition coefficient (Wildman–Crippen LogP) is 2.33. The standard InChI is InChI=1S/C14H12N2O2/c1-9-5-6-12-13(7-9)16(14(18)15-12)10-3-2-4-11(17)8-10/h2-8,17H,1H3,(H,15,18). The van der Waals surface area contributed by atoms with Gasteiger partial charge in [-0.05, 0) is 36.8 Å². The lowest BCUT2D eigenvalue weighted by molar-refractivity contribution is 0.475. The molecule has 90 valence electrons. The normalized spacial score (nSPS) is 10.9. The molecule has 0 atom stereocenters. The number of fused-ring (bicyclic) bond motifs is 1. The average molecular weight is 240 g/mol. The number of aromatic hydroxyl groups is 1. The third kappa shape index (κ3) is 1.59. The van der Waals surface area contributed by atoms with Gasteiger partial charge in [-0.15, -0.1) is 0 Å². The van der Waals surface area contributed by atoms with Crippen LogP contribution in [-0.2, 0) is 0 Å². The number of aromatic nitrogens is 2. The van der Waals surface area contributed by atoms with Crippen LogP contribution in [0.1, 0.15) is 5.56 Å². The molecule has 3 aromatic rings. The molecule has 0 unspecified atom stereocenters. The van der Waals surface area contributed by atoms with Gasteiger partial charge in [0.1, 0.15) is 5.75 Å². The molecule has 1 heterocycles. The molecule has 0 bridgehead atoms. The van der Waals surface area contributed by atoms with Gasteiger partial charge in [0.25, 0.3) is 0 Å². The average Bonchev–Trinajstić information content (AvgIpc) is 2.64. The van der Waals surface area contributed by atoms with Crippen molar-refractivity contribution < 1.29 is 5.11 Å². The summed E-state index contributed by atoms with van der Waals surface area (Å²) in [5.74, 6) is 0.140. The van der Waals surface area contributed by atoms with Crippen LogP contribution in [-0.4, -0.2) is 14.7 Å². The summed E-state index contributed by atoms with van der Waals surface area (Å²) in [6.07, 6.45) is 0. The fraction of sp³-hybridized carbons (Fsp3) is 0.0714. The SMILES string of the molecule is Cc1ccc2[nH]c(=O)n(-c3cccc(O)c3)c2c1. The van der Waals surface area contributed by atoms with Crippen molar-refractivity contribution in [2.24, 2.45) is 0 Å². The molecule has 2 N–H and O–H groups in total. The summed E-state index contributed by atoms with van der Waals surface area (Å²) in [6, 6.07) is 12.4. The Morgan fingerprint density at radius 1 is 1.17 bits per heavy atom. The first-order chi connectivity index (χ1) is 8.65. The summed E-state index contributed by atoms with van der Waals surface area (Å²) >= 11 is 0. The molecule has 0 saturated carbocycles. The van der Waals surface area contributed by atoms with Crippen molar-refractivity contribution in [1.82, 2.24) is 9.55 Å². The van der Waals surface area contributed by atoms with E-state index >= 15 is 0 Å². The molecule has 1 aromatic heterocycles. The Balaban J connectivity index is 2.38. The van der Waals surface area contributed by atoms with Crippen LogP contribution in [0.2, 0.25) is 0 Å². The van der Waals surface area contributed by atoms with Crippen LogP contribution in [0.4, 0.5) is 0 Å². The van der Waals surface area contributed by atoms with E-state index in [1.165, 1.54) is 0 Å². The van der Waals surface area contributed by atoms with Crippen LogP contribution in [0.5, 0.6) is 5.75 Å². The van der Waals surface area contributed by atoms with E-state index in [0.717, 1.165) is 16.6 Å². The lowest BCUT2D eigenvalue weighted by Gasteiger charge is -2.04. The molecule has 3 rings (SSSR count). The number of rotatable bonds is 1. The summed E-state index contributed by atoms with van der Waals surface area (Å²) < 4.78 is 1.56. The van der Waals surface area contributed by atoms with Crippen molar-refractivity contribution in [3.8, 4) is 11.4 Å². The number of hydrogen-bond acceptors (Lipinski definition) is 2. The van der Waals surface area contributed by atoms with Crippen molar-refractivity contribution in [3.05, 3.63) is 58.5 Å². The van der Waals surface area contributed by atoms with Crippen LogP contribution >= 0.6 is 0 Å². The molecular weight excluding hydrogens is 228 g/mol. The van der Waals surface area contributed by atoms with Gasteiger partial charge < -0.3 is 10.1 Å². The number of hydrogen-bond donors (Lipinski definition) is 2. The minimum Gasteiger partial charge on any atom is -0.508 e. The zero-order chi connectivity index (χ0) is 12.7. The Morgan fingerprint density at radius 3 is 2.78 bits per heavy atom. The first-order valence-electron chi connectivity index (χ1n) is 5.66. The molecule has 0 aliphatic rings. The molecule has 0 spiro atoms. The van der Waals surface area contributed by atoms with Gasteiger partial charge in [0.05, 0.1) is 16.7 Å². The van der Waals surface area contributed by atoms with Crippen molar-refractivity contribution in [2.75, 3.05) is 0 Å². The Labute approximate surface area is 103 Å². The van der Waals surface area contributed by atoms with Gasteiger partial charge >= 0.3 is 5.69 Å². The molecule has 4 heteroatoms. The van der Waals surface area contributed by atoms with E-state index in [4.69, 9.17) is 0 Å². The number of aromatic amines is 1. The second-order valence-electron chi connectivity index (χ2n) is 4.31. The van der Waals surface area contributed by atoms with Gasteiger partial charge in [0.15, 0.2) is 0 Å². The summed E-state index contributed by atoms with van der Waals surface area (Å²) in [5, 5.41) is 9.50. The van der Waals surface area contributed by atoms with E-state index in [9.17, 15) is 9.90 Å². The second kappa shape index (κ2) is 3.77. The highest BCUT2D eigenvalue weighted by atomic mass is 16.3. The van der Waals surface area contributed by atoms with Crippen molar-refractivity contribution in [1.29, 1.82) is 0 Å². The van der Waals surface area contributed by atoms with E-state index in [-0.39, 0.29) is 11.4 Å². The minimum atomic E-state index is -0.207. The van der Waals surface area contributed by atoms with Crippen molar-refractivity contribution in [3.63, 3.8) is 0 Å². The van der Waals surface area contributed by atoms with Crippen LogP contribution in [0.3, 0.4) is 0 Å². The lowest BCUT2D eigenvalue weighted by Crippen LogP contribution is -2.14. The number of phenols is 1. The number of imidazole rings is 1. The molecular formula is C14H12N2O2. The zero-order valence-corrected chi connectivity index (χ0v) is 9.84. The van der Waals surface area contributed by atoms with Crippen molar-refractivity contribution in [2.45, 2.75) is 6.92 Å². The summed E-state index contributed by atoms with van der Waals surface area (Å²) in [6.45, 7) is 1.98. The second-order valence-corrected chi connectivity index (χ2v) is 4.31. The Hall–Kier alpha value is -2.49. The Bertz CT molecular complexity index is 784. The fourth-order valence-electron chi connectivity index (χ4n) is 2.10. The maximum atomic E-state index is 12.0. The number of phenolic OH excluding ortho intramolecular Hbond substituents is 1. The third-order valence-electron chi connectivity index (χ3n) is 2.93.